The van der Waals surface area contributed by atoms with Crippen LogP contribution in [0.4, 0.5) is 0 Å². The van der Waals surface area contributed by atoms with Gasteiger partial charge in [-0.25, -0.2) is 0 Å². The topological polar surface area (TPSA) is 9.23 Å². The number of benzene rings is 4. The van der Waals surface area contributed by atoms with E-state index in [-0.39, 0.29) is 0 Å². The van der Waals surface area contributed by atoms with Crippen LogP contribution in [0.15, 0.2) is 192 Å². The van der Waals surface area contributed by atoms with E-state index in [1.807, 2.05) is 13.8 Å². The molecule has 0 bridgehead atoms. The minimum atomic E-state index is -0.819. The second-order valence-corrected chi connectivity index (χ2v) is 14.1. The van der Waals surface area contributed by atoms with E-state index < -0.39 is 15.8 Å². The first-order valence-electron chi connectivity index (χ1n) is 15.0. The standard InChI is InChI=1S/C38H32OP2.C2H6/c1-7-19-31(20-8-1)40(32-21-9-2-10-22-32)37-29-17-5-15-27-35(37)39-36-28-16-6-18-30-38(36)41(33-23-11-3-12-24-33)34-25-13-4-14-26-34;1-2/h1-5,7-14,16-30H,6,15H2;1-2H3. The molecule has 0 saturated heterocycles. The Hall–Kier alpha value is -4.02. The van der Waals surface area contributed by atoms with E-state index in [1.54, 1.807) is 0 Å². The molecule has 6 rings (SSSR count). The Labute approximate surface area is 259 Å². The van der Waals surface area contributed by atoms with Crippen LogP contribution in [0.25, 0.3) is 0 Å². The summed E-state index contributed by atoms with van der Waals surface area (Å²) in [6, 6.07) is 43.4. The molecule has 214 valence electrons. The van der Waals surface area contributed by atoms with Crippen LogP contribution in [0.2, 0.25) is 0 Å². The summed E-state index contributed by atoms with van der Waals surface area (Å²) in [4.78, 5) is 0. The fraction of sp³-hybridized carbons (Fsp3) is 0.100. The lowest BCUT2D eigenvalue weighted by Gasteiger charge is -2.26. The summed E-state index contributed by atoms with van der Waals surface area (Å²) in [7, 11) is -1.64. The van der Waals surface area contributed by atoms with Gasteiger partial charge in [-0.15, -0.1) is 0 Å². The molecular formula is C40H38OP2. The van der Waals surface area contributed by atoms with Crippen molar-refractivity contribution in [3.63, 3.8) is 0 Å². The van der Waals surface area contributed by atoms with Crippen molar-refractivity contribution >= 4 is 37.1 Å². The fourth-order valence-electron chi connectivity index (χ4n) is 5.03. The zero-order valence-corrected chi connectivity index (χ0v) is 26.7. The predicted octanol–water partition coefficient (Wildman–Crippen LogP) is 9.75. The summed E-state index contributed by atoms with van der Waals surface area (Å²) in [5.74, 6) is 1.87. The summed E-state index contributed by atoms with van der Waals surface area (Å²) < 4.78 is 7.09. The van der Waals surface area contributed by atoms with Crippen LogP contribution >= 0.6 is 15.8 Å². The Morgan fingerprint density at radius 2 is 0.977 bits per heavy atom. The summed E-state index contributed by atoms with van der Waals surface area (Å²) in [6.45, 7) is 4.00. The third-order valence-electron chi connectivity index (χ3n) is 6.91. The van der Waals surface area contributed by atoms with E-state index in [0.29, 0.717) is 0 Å². The van der Waals surface area contributed by atoms with Gasteiger partial charge in [0.25, 0.3) is 0 Å². The molecule has 0 atom stereocenters. The molecule has 3 heteroatoms. The molecule has 4 aromatic rings. The van der Waals surface area contributed by atoms with E-state index in [0.717, 1.165) is 24.4 Å². The van der Waals surface area contributed by atoms with Gasteiger partial charge < -0.3 is 4.74 Å². The Morgan fingerprint density at radius 3 is 1.49 bits per heavy atom. The molecule has 0 aliphatic heterocycles. The molecular weight excluding hydrogens is 558 g/mol. The highest BCUT2D eigenvalue weighted by molar-refractivity contribution is 7.77. The maximum Gasteiger partial charge on any atom is 0.135 e. The van der Waals surface area contributed by atoms with Crippen molar-refractivity contribution < 1.29 is 4.74 Å². The molecule has 0 N–H and O–H groups in total. The monoisotopic (exact) mass is 596 g/mol. The number of ether oxygens (including phenoxy) is 1. The van der Waals surface area contributed by atoms with Gasteiger partial charge in [0, 0.05) is 10.6 Å². The summed E-state index contributed by atoms with van der Waals surface area (Å²) >= 11 is 0. The van der Waals surface area contributed by atoms with Crippen LogP contribution in [0.1, 0.15) is 26.7 Å². The fourth-order valence-corrected chi connectivity index (χ4v) is 9.81. The van der Waals surface area contributed by atoms with Gasteiger partial charge in [0.2, 0.25) is 0 Å². The lowest BCUT2D eigenvalue weighted by atomic mass is 10.3. The van der Waals surface area contributed by atoms with E-state index in [1.165, 1.54) is 31.8 Å². The minimum Gasteiger partial charge on any atom is -0.456 e. The Morgan fingerprint density at radius 1 is 0.512 bits per heavy atom. The van der Waals surface area contributed by atoms with Gasteiger partial charge in [-0.05, 0) is 62.1 Å². The maximum atomic E-state index is 7.09. The lowest BCUT2D eigenvalue weighted by Crippen LogP contribution is -2.15. The highest BCUT2D eigenvalue weighted by Crippen LogP contribution is 2.50. The number of allylic oxidation sites excluding steroid dienone is 10. The normalized spacial score (nSPS) is 14.4. The molecule has 2 aliphatic carbocycles. The average molecular weight is 597 g/mol. The smallest absolute Gasteiger partial charge is 0.135 e. The van der Waals surface area contributed by atoms with Gasteiger partial charge in [0.05, 0.1) is 0 Å². The second kappa shape index (κ2) is 16.0. The third-order valence-corrected chi connectivity index (χ3v) is 11.9. The van der Waals surface area contributed by atoms with E-state index >= 15 is 0 Å². The first-order chi connectivity index (χ1) is 21.4. The summed E-state index contributed by atoms with van der Waals surface area (Å²) in [5, 5.41) is 7.70. The molecule has 0 fully saturated rings. The number of hydrogen-bond donors (Lipinski definition) is 0. The third kappa shape index (κ3) is 7.69. The van der Waals surface area contributed by atoms with Gasteiger partial charge in [-0.2, -0.15) is 0 Å². The van der Waals surface area contributed by atoms with Gasteiger partial charge >= 0.3 is 0 Å². The molecule has 0 amide bonds. The molecule has 1 nitrogen and oxygen atoms in total. The van der Waals surface area contributed by atoms with Crippen molar-refractivity contribution in [1.82, 2.24) is 0 Å². The number of hydrogen-bond acceptors (Lipinski definition) is 1. The highest BCUT2D eigenvalue weighted by Gasteiger charge is 2.26. The van der Waals surface area contributed by atoms with E-state index in [2.05, 4.69) is 170 Å². The SMILES string of the molecule is C1=CCC=C(OC2=C(P(c3ccccc3)c3ccccc3)C=CCC=C2)C(P(c2ccccc2)c2ccccc2)=C1.CC. The summed E-state index contributed by atoms with van der Waals surface area (Å²) in [6.07, 6.45) is 19.5. The van der Waals surface area contributed by atoms with Gasteiger partial charge in [-0.3, -0.25) is 0 Å². The predicted molar refractivity (Wildman–Crippen MR) is 190 cm³/mol. The van der Waals surface area contributed by atoms with Crippen LogP contribution < -0.4 is 21.2 Å². The molecule has 4 aromatic carbocycles. The van der Waals surface area contributed by atoms with Crippen LogP contribution in [0, 0.1) is 0 Å². The van der Waals surface area contributed by atoms with Crippen LogP contribution in [0.5, 0.6) is 0 Å². The molecule has 43 heavy (non-hydrogen) atoms. The van der Waals surface area contributed by atoms with Gasteiger partial charge in [0.15, 0.2) is 0 Å². The molecule has 2 aliphatic rings. The van der Waals surface area contributed by atoms with Crippen molar-refractivity contribution in [2.45, 2.75) is 26.7 Å². The van der Waals surface area contributed by atoms with E-state index in [4.69, 9.17) is 4.74 Å². The Balaban J connectivity index is 0.00000180. The Bertz CT molecular complexity index is 1550. The van der Waals surface area contributed by atoms with Crippen LogP contribution in [-0.2, 0) is 4.74 Å². The van der Waals surface area contributed by atoms with Gasteiger partial charge in [0.1, 0.15) is 11.5 Å². The Kier molecular flexibility index (Phi) is 11.3. The second-order valence-electron chi connectivity index (χ2n) is 9.69. The van der Waals surface area contributed by atoms with Crippen LogP contribution in [0.3, 0.4) is 0 Å². The van der Waals surface area contributed by atoms with Crippen molar-refractivity contribution in [1.29, 1.82) is 0 Å². The number of rotatable bonds is 8. The molecule has 0 heterocycles. The highest BCUT2D eigenvalue weighted by atomic mass is 31.1. The zero-order valence-electron chi connectivity index (χ0n) is 24.9. The maximum absolute atomic E-state index is 7.09. The van der Waals surface area contributed by atoms with E-state index in [9.17, 15) is 0 Å². The van der Waals surface area contributed by atoms with Crippen molar-refractivity contribution in [3.05, 3.63) is 192 Å². The zero-order chi connectivity index (χ0) is 29.7. The minimum absolute atomic E-state index is 0.817. The van der Waals surface area contributed by atoms with Gasteiger partial charge in [-0.1, -0.05) is 172 Å². The quantitative estimate of drug-likeness (QED) is 0.184. The first-order valence-corrected chi connectivity index (χ1v) is 17.7. The summed E-state index contributed by atoms with van der Waals surface area (Å²) in [5.41, 5.74) is 0. The van der Waals surface area contributed by atoms with Crippen molar-refractivity contribution in [2.24, 2.45) is 0 Å². The largest absolute Gasteiger partial charge is 0.456 e. The van der Waals surface area contributed by atoms with Crippen molar-refractivity contribution in [3.8, 4) is 0 Å². The average Bonchev–Trinajstić information content (AvgIpc) is 3.45. The molecule has 0 radical (unpaired) electrons. The molecule has 0 aromatic heterocycles. The molecule has 0 unspecified atom stereocenters. The van der Waals surface area contributed by atoms with Crippen molar-refractivity contribution in [2.75, 3.05) is 0 Å². The molecule has 0 saturated carbocycles. The lowest BCUT2D eigenvalue weighted by molar-refractivity contribution is 0.332. The van der Waals surface area contributed by atoms with Crippen LogP contribution in [-0.4, -0.2) is 0 Å². The molecule has 0 spiro atoms. The first kappa shape index (κ1) is 30.4.